The fourth-order valence-electron chi connectivity index (χ4n) is 2.94. The lowest BCUT2D eigenvalue weighted by molar-refractivity contribution is -0.0882. The van der Waals surface area contributed by atoms with Crippen LogP contribution in [0.4, 0.5) is 0 Å². The van der Waals surface area contributed by atoms with E-state index in [-0.39, 0.29) is 6.42 Å². The van der Waals surface area contributed by atoms with Gasteiger partial charge in [0.05, 0.1) is 18.8 Å². The molecule has 0 aliphatic rings. The summed E-state index contributed by atoms with van der Waals surface area (Å²) in [5.74, 6) is 0. The van der Waals surface area contributed by atoms with Crippen LogP contribution in [0.25, 0.3) is 0 Å². The highest BCUT2D eigenvalue weighted by molar-refractivity contribution is 4.77. The van der Waals surface area contributed by atoms with Crippen LogP contribution in [-0.4, -0.2) is 56.6 Å². The van der Waals surface area contributed by atoms with E-state index in [9.17, 15) is 20.4 Å². The van der Waals surface area contributed by atoms with Gasteiger partial charge in [-0.15, -0.1) is 0 Å². The Hall–Kier alpha value is -0.200. The number of hydrogen-bond acceptors (Lipinski definition) is 5. The Kier molecular flexibility index (Phi) is 16.1. The van der Waals surface area contributed by atoms with E-state index in [0.717, 1.165) is 12.8 Å². The smallest absolute Gasteiger partial charge is 0.108 e. The highest BCUT2D eigenvalue weighted by Crippen LogP contribution is 2.15. The highest BCUT2D eigenvalue weighted by atomic mass is 16.4. The third-order valence-electron chi connectivity index (χ3n) is 4.63. The third kappa shape index (κ3) is 13.1. The van der Waals surface area contributed by atoms with Crippen LogP contribution in [0.3, 0.4) is 0 Å². The van der Waals surface area contributed by atoms with Crippen LogP contribution in [0.2, 0.25) is 0 Å². The molecule has 0 aliphatic carbocycles. The number of aliphatic hydroxyl groups is 5. The van der Waals surface area contributed by atoms with Crippen LogP contribution in [0, 0.1) is 0 Å². The van der Waals surface area contributed by atoms with Gasteiger partial charge in [-0.1, -0.05) is 77.6 Å². The van der Waals surface area contributed by atoms with Crippen LogP contribution < -0.4 is 0 Å². The molecule has 0 spiro atoms. The fraction of sp³-hybridized carbons (Fsp3) is 1.00. The Bertz CT molecular complexity index is 262. The van der Waals surface area contributed by atoms with Crippen LogP contribution in [-0.2, 0) is 0 Å². The monoisotopic (exact) mass is 348 g/mol. The van der Waals surface area contributed by atoms with Crippen molar-refractivity contribution in [2.75, 3.05) is 6.61 Å². The molecule has 0 aromatic rings. The maximum absolute atomic E-state index is 9.85. The Morgan fingerprint density at radius 1 is 0.625 bits per heavy atom. The van der Waals surface area contributed by atoms with E-state index in [2.05, 4.69) is 6.92 Å². The number of aliphatic hydroxyl groups excluding tert-OH is 5. The molecule has 0 radical (unpaired) electrons. The minimum atomic E-state index is -1.41. The lowest BCUT2D eigenvalue weighted by Gasteiger charge is -2.23. The first-order valence-electron chi connectivity index (χ1n) is 9.86. The largest absolute Gasteiger partial charge is 0.394 e. The molecule has 0 saturated carbocycles. The quantitative estimate of drug-likeness (QED) is 0.260. The van der Waals surface area contributed by atoms with Gasteiger partial charge >= 0.3 is 0 Å². The van der Waals surface area contributed by atoms with Gasteiger partial charge in [0.1, 0.15) is 12.2 Å². The van der Waals surface area contributed by atoms with Crippen LogP contribution >= 0.6 is 0 Å². The van der Waals surface area contributed by atoms with Crippen molar-refractivity contribution in [3.05, 3.63) is 0 Å². The molecule has 24 heavy (non-hydrogen) atoms. The SMILES string of the molecule is CCCCCCCCCCCCCC(O)CC(O)C(O)C(O)CO. The van der Waals surface area contributed by atoms with Crippen molar-refractivity contribution >= 4 is 0 Å². The topological polar surface area (TPSA) is 101 Å². The predicted octanol–water partition coefficient (Wildman–Crippen LogP) is 2.51. The molecule has 5 heteroatoms. The summed E-state index contributed by atoms with van der Waals surface area (Å²) < 4.78 is 0. The fourth-order valence-corrected chi connectivity index (χ4v) is 2.94. The van der Waals surface area contributed by atoms with E-state index in [1.807, 2.05) is 0 Å². The minimum absolute atomic E-state index is 0.0238. The lowest BCUT2D eigenvalue weighted by atomic mass is 9.98. The molecular weight excluding hydrogens is 308 g/mol. The number of rotatable bonds is 17. The average Bonchev–Trinajstić information content (AvgIpc) is 2.58. The molecule has 0 aromatic carbocycles. The normalized spacial score (nSPS) is 16.8. The first-order valence-corrected chi connectivity index (χ1v) is 9.86. The summed E-state index contributed by atoms with van der Waals surface area (Å²) in [6.45, 7) is 1.63. The van der Waals surface area contributed by atoms with E-state index in [0.29, 0.717) is 6.42 Å². The standard InChI is InChI=1S/C19H40O5/c1-2-3-4-5-6-7-8-9-10-11-12-13-16(21)14-17(22)19(24)18(23)15-20/h16-24H,2-15H2,1H3. The van der Waals surface area contributed by atoms with Gasteiger partial charge in [0.15, 0.2) is 0 Å². The zero-order valence-electron chi connectivity index (χ0n) is 15.4. The van der Waals surface area contributed by atoms with Gasteiger partial charge in [-0.25, -0.2) is 0 Å². The van der Waals surface area contributed by atoms with Gasteiger partial charge in [0.25, 0.3) is 0 Å². The average molecular weight is 349 g/mol. The maximum atomic E-state index is 9.85. The van der Waals surface area contributed by atoms with Crippen LogP contribution in [0.1, 0.15) is 90.4 Å². The molecule has 4 unspecified atom stereocenters. The van der Waals surface area contributed by atoms with E-state index in [4.69, 9.17) is 5.11 Å². The first-order chi connectivity index (χ1) is 11.5. The van der Waals surface area contributed by atoms with Gasteiger partial charge in [0, 0.05) is 6.42 Å². The third-order valence-corrected chi connectivity index (χ3v) is 4.63. The van der Waals surface area contributed by atoms with Gasteiger partial charge < -0.3 is 25.5 Å². The Balaban J connectivity index is 3.44. The zero-order chi connectivity index (χ0) is 18.2. The molecular formula is C19H40O5. The van der Waals surface area contributed by atoms with Crippen LogP contribution in [0.15, 0.2) is 0 Å². The van der Waals surface area contributed by atoms with Crippen molar-refractivity contribution in [1.29, 1.82) is 0 Å². The summed E-state index contributed by atoms with van der Waals surface area (Å²) in [6.07, 6.45) is 9.68. The number of unbranched alkanes of at least 4 members (excludes halogenated alkanes) is 10. The molecule has 0 aliphatic heterocycles. The molecule has 0 bridgehead atoms. The predicted molar refractivity (Wildman–Crippen MR) is 96.8 cm³/mol. The summed E-state index contributed by atoms with van der Waals surface area (Å²) in [6, 6.07) is 0. The minimum Gasteiger partial charge on any atom is -0.394 e. The molecule has 0 aromatic heterocycles. The molecule has 146 valence electrons. The van der Waals surface area contributed by atoms with Crippen molar-refractivity contribution < 1.29 is 25.5 Å². The second kappa shape index (κ2) is 16.3. The van der Waals surface area contributed by atoms with Crippen LogP contribution in [0.5, 0.6) is 0 Å². The Morgan fingerprint density at radius 2 is 1.08 bits per heavy atom. The number of hydrogen-bond donors (Lipinski definition) is 5. The second-order valence-electron chi connectivity index (χ2n) is 7.02. The molecule has 0 rings (SSSR count). The van der Waals surface area contributed by atoms with Crippen molar-refractivity contribution in [2.24, 2.45) is 0 Å². The van der Waals surface area contributed by atoms with E-state index in [1.165, 1.54) is 57.8 Å². The molecule has 5 nitrogen and oxygen atoms in total. The molecule has 0 fully saturated rings. The van der Waals surface area contributed by atoms with E-state index < -0.39 is 31.0 Å². The Morgan fingerprint density at radius 3 is 1.54 bits per heavy atom. The summed E-state index contributed by atoms with van der Waals surface area (Å²) in [7, 11) is 0. The van der Waals surface area contributed by atoms with E-state index in [1.54, 1.807) is 0 Å². The Labute approximate surface area is 147 Å². The maximum Gasteiger partial charge on any atom is 0.108 e. The zero-order valence-corrected chi connectivity index (χ0v) is 15.4. The molecule has 5 N–H and O–H groups in total. The van der Waals surface area contributed by atoms with Crippen molar-refractivity contribution in [2.45, 2.75) is 115 Å². The van der Waals surface area contributed by atoms with E-state index >= 15 is 0 Å². The summed E-state index contributed by atoms with van der Waals surface area (Å²) in [5.41, 5.74) is 0. The summed E-state index contributed by atoms with van der Waals surface area (Å²) in [5, 5.41) is 47.0. The highest BCUT2D eigenvalue weighted by Gasteiger charge is 2.25. The van der Waals surface area contributed by atoms with Crippen molar-refractivity contribution in [3.8, 4) is 0 Å². The lowest BCUT2D eigenvalue weighted by Crippen LogP contribution is -2.41. The van der Waals surface area contributed by atoms with Gasteiger partial charge in [0.2, 0.25) is 0 Å². The summed E-state index contributed by atoms with van der Waals surface area (Å²) >= 11 is 0. The molecule has 0 heterocycles. The molecule has 0 saturated heterocycles. The van der Waals surface area contributed by atoms with Gasteiger partial charge in [-0.3, -0.25) is 0 Å². The first kappa shape index (κ1) is 23.8. The van der Waals surface area contributed by atoms with Crippen molar-refractivity contribution in [3.63, 3.8) is 0 Å². The molecule has 4 atom stereocenters. The van der Waals surface area contributed by atoms with Gasteiger partial charge in [-0.05, 0) is 6.42 Å². The van der Waals surface area contributed by atoms with Crippen molar-refractivity contribution in [1.82, 2.24) is 0 Å². The summed E-state index contributed by atoms with van der Waals surface area (Å²) in [4.78, 5) is 0. The molecule has 0 amide bonds. The van der Waals surface area contributed by atoms with Gasteiger partial charge in [-0.2, -0.15) is 0 Å². The second-order valence-corrected chi connectivity index (χ2v) is 7.02.